The number of carboxylic acid groups (broad SMARTS) is 1. The van der Waals surface area contributed by atoms with Gasteiger partial charge in [-0.25, -0.2) is 14.6 Å². The molecule has 6 nitrogen and oxygen atoms in total. The van der Waals surface area contributed by atoms with Crippen LogP contribution in [-0.2, 0) is 4.79 Å². The third-order valence-electron chi connectivity index (χ3n) is 2.44. The lowest BCUT2D eigenvalue weighted by atomic mass is 10.2. The van der Waals surface area contributed by atoms with E-state index < -0.39 is 12.0 Å². The Labute approximate surface area is 95.9 Å². The van der Waals surface area contributed by atoms with Gasteiger partial charge in [-0.3, -0.25) is 5.32 Å². The van der Waals surface area contributed by atoms with Gasteiger partial charge in [-0.15, -0.1) is 11.3 Å². The molecule has 1 saturated heterocycles. The number of urea groups is 1. The van der Waals surface area contributed by atoms with Crippen molar-refractivity contribution in [3.8, 4) is 0 Å². The highest BCUT2D eigenvalue weighted by atomic mass is 32.1. The number of carbonyl (C=O) groups excluding carboxylic acids is 1. The van der Waals surface area contributed by atoms with Crippen molar-refractivity contribution in [2.45, 2.75) is 18.9 Å². The summed E-state index contributed by atoms with van der Waals surface area (Å²) in [5.41, 5.74) is 0. The molecule has 1 atom stereocenters. The third-order valence-corrected chi connectivity index (χ3v) is 3.13. The summed E-state index contributed by atoms with van der Waals surface area (Å²) in [5.74, 6) is -0.952. The number of carbonyl (C=O) groups is 2. The summed E-state index contributed by atoms with van der Waals surface area (Å²) < 4.78 is 0. The number of carboxylic acids is 1. The molecule has 2 rings (SSSR count). The van der Waals surface area contributed by atoms with Gasteiger partial charge in [-0.2, -0.15) is 0 Å². The van der Waals surface area contributed by atoms with Crippen LogP contribution in [0.25, 0.3) is 0 Å². The van der Waals surface area contributed by atoms with Gasteiger partial charge >= 0.3 is 12.0 Å². The van der Waals surface area contributed by atoms with Gasteiger partial charge in [0.2, 0.25) is 0 Å². The molecule has 0 spiro atoms. The topological polar surface area (TPSA) is 82.5 Å². The van der Waals surface area contributed by atoms with Crippen LogP contribution in [0.3, 0.4) is 0 Å². The number of aliphatic carboxylic acids is 1. The third kappa shape index (κ3) is 2.13. The van der Waals surface area contributed by atoms with E-state index in [9.17, 15) is 9.59 Å². The molecule has 16 heavy (non-hydrogen) atoms. The first-order chi connectivity index (χ1) is 7.68. The molecule has 86 valence electrons. The molecule has 1 aromatic rings. The SMILES string of the molecule is O=C(O)C1CCCN1C(=O)Nc1nccs1. The predicted octanol–water partition coefficient (Wildman–Crippen LogP) is 1.22. The van der Waals surface area contributed by atoms with Gasteiger partial charge < -0.3 is 10.0 Å². The Balaban J connectivity index is 2.01. The second kappa shape index (κ2) is 4.48. The zero-order valence-corrected chi connectivity index (χ0v) is 9.24. The zero-order chi connectivity index (χ0) is 11.5. The lowest BCUT2D eigenvalue weighted by Gasteiger charge is -2.20. The molecule has 1 aromatic heterocycles. The Morgan fingerprint density at radius 3 is 3.06 bits per heavy atom. The van der Waals surface area contributed by atoms with Crippen LogP contribution >= 0.6 is 11.3 Å². The summed E-state index contributed by atoms with van der Waals surface area (Å²) in [5, 5.41) is 13.7. The Hall–Kier alpha value is -1.63. The maximum absolute atomic E-state index is 11.7. The molecule has 0 aliphatic carbocycles. The van der Waals surface area contributed by atoms with E-state index in [-0.39, 0.29) is 6.03 Å². The molecule has 0 aromatic carbocycles. The van der Waals surface area contributed by atoms with Crippen LogP contribution in [0, 0.1) is 0 Å². The van der Waals surface area contributed by atoms with Crippen LogP contribution in [0.4, 0.5) is 9.93 Å². The minimum absolute atomic E-state index is 0.389. The van der Waals surface area contributed by atoms with Crippen LogP contribution in [-0.4, -0.2) is 39.6 Å². The van der Waals surface area contributed by atoms with Gasteiger partial charge in [0.25, 0.3) is 0 Å². The lowest BCUT2D eigenvalue weighted by molar-refractivity contribution is -0.141. The van der Waals surface area contributed by atoms with E-state index in [1.54, 1.807) is 11.6 Å². The van der Waals surface area contributed by atoms with E-state index >= 15 is 0 Å². The molecular formula is C9H11N3O3S. The minimum Gasteiger partial charge on any atom is -0.480 e. The summed E-state index contributed by atoms with van der Waals surface area (Å²) in [6, 6.07) is -1.10. The number of aromatic nitrogens is 1. The highest BCUT2D eigenvalue weighted by Gasteiger charge is 2.34. The molecule has 0 bridgehead atoms. The molecule has 0 radical (unpaired) electrons. The van der Waals surface area contributed by atoms with Gasteiger partial charge in [-0.05, 0) is 12.8 Å². The van der Waals surface area contributed by atoms with Crippen LogP contribution in [0.1, 0.15) is 12.8 Å². The van der Waals surface area contributed by atoms with Crippen molar-refractivity contribution in [1.29, 1.82) is 0 Å². The fourth-order valence-corrected chi connectivity index (χ4v) is 2.23. The van der Waals surface area contributed by atoms with Crippen LogP contribution < -0.4 is 5.32 Å². The molecule has 2 N–H and O–H groups in total. The average molecular weight is 241 g/mol. The number of hydrogen-bond donors (Lipinski definition) is 2. The Kier molecular flexibility index (Phi) is 3.04. The fourth-order valence-electron chi connectivity index (χ4n) is 1.71. The first kappa shape index (κ1) is 10.9. The van der Waals surface area contributed by atoms with Gasteiger partial charge in [0.1, 0.15) is 6.04 Å². The Morgan fingerprint density at radius 2 is 2.44 bits per heavy atom. The van der Waals surface area contributed by atoms with Crippen LogP contribution in [0.2, 0.25) is 0 Å². The molecule has 0 saturated carbocycles. The maximum atomic E-state index is 11.7. The van der Waals surface area contributed by atoms with Crippen molar-refractivity contribution in [1.82, 2.24) is 9.88 Å². The van der Waals surface area contributed by atoms with Crippen molar-refractivity contribution >= 4 is 28.5 Å². The zero-order valence-electron chi connectivity index (χ0n) is 8.42. The van der Waals surface area contributed by atoms with Crippen molar-refractivity contribution < 1.29 is 14.7 Å². The molecule has 1 fully saturated rings. The molecule has 2 heterocycles. The molecule has 7 heteroatoms. The van der Waals surface area contributed by atoms with Gasteiger partial charge in [0.05, 0.1) is 0 Å². The van der Waals surface area contributed by atoms with Gasteiger partial charge in [0, 0.05) is 18.1 Å². The van der Waals surface area contributed by atoms with E-state index in [0.29, 0.717) is 18.1 Å². The Bertz CT molecular complexity index is 393. The molecule has 1 unspecified atom stereocenters. The summed E-state index contributed by atoms with van der Waals surface area (Å²) in [4.78, 5) is 27.9. The number of rotatable bonds is 2. The highest BCUT2D eigenvalue weighted by Crippen LogP contribution is 2.19. The van der Waals surface area contributed by atoms with Crippen molar-refractivity contribution in [2.24, 2.45) is 0 Å². The van der Waals surface area contributed by atoms with E-state index in [2.05, 4.69) is 10.3 Å². The molecule has 1 aliphatic heterocycles. The van der Waals surface area contributed by atoms with Crippen LogP contribution in [0.5, 0.6) is 0 Å². The van der Waals surface area contributed by atoms with Gasteiger partial charge in [-0.1, -0.05) is 0 Å². The predicted molar refractivity (Wildman–Crippen MR) is 58.5 cm³/mol. The van der Waals surface area contributed by atoms with Gasteiger partial charge in [0.15, 0.2) is 5.13 Å². The number of hydrogen-bond acceptors (Lipinski definition) is 4. The number of nitrogens with zero attached hydrogens (tertiary/aromatic N) is 2. The Morgan fingerprint density at radius 1 is 1.62 bits per heavy atom. The minimum atomic E-state index is -0.952. The second-order valence-corrected chi connectivity index (χ2v) is 4.35. The number of likely N-dealkylation sites (tertiary alicyclic amines) is 1. The standard InChI is InChI=1S/C9H11N3O3S/c13-7(14)6-2-1-4-12(6)9(15)11-8-10-3-5-16-8/h3,5-6H,1-2,4H2,(H,13,14)(H,10,11,15). The van der Waals surface area contributed by atoms with E-state index in [1.807, 2.05) is 0 Å². The quantitative estimate of drug-likeness (QED) is 0.815. The summed E-state index contributed by atoms with van der Waals surface area (Å²) in [6.07, 6.45) is 2.82. The summed E-state index contributed by atoms with van der Waals surface area (Å²) in [7, 11) is 0. The number of amides is 2. The van der Waals surface area contributed by atoms with Crippen LogP contribution in [0.15, 0.2) is 11.6 Å². The first-order valence-corrected chi connectivity index (χ1v) is 5.76. The lowest BCUT2D eigenvalue weighted by Crippen LogP contribution is -2.42. The van der Waals surface area contributed by atoms with Crippen molar-refractivity contribution in [3.63, 3.8) is 0 Å². The fraction of sp³-hybridized carbons (Fsp3) is 0.444. The summed E-state index contributed by atoms with van der Waals surface area (Å²) >= 11 is 1.30. The number of thiazole rings is 1. The highest BCUT2D eigenvalue weighted by molar-refractivity contribution is 7.13. The van der Waals surface area contributed by atoms with Crippen molar-refractivity contribution in [2.75, 3.05) is 11.9 Å². The molecule has 1 aliphatic rings. The van der Waals surface area contributed by atoms with E-state index in [0.717, 1.165) is 6.42 Å². The van der Waals surface area contributed by atoms with E-state index in [4.69, 9.17) is 5.11 Å². The monoisotopic (exact) mass is 241 g/mol. The second-order valence-electron chi connectivity index (χ2n) is 3.46. The normalized spacial score (nSPS) is 19.8. The average Bonchev–Trinajstić information content (AvgIpc) is 2.86. The smallest absolute Gasteiger partial charge is 0.326 e. The number of anilines is 1. The van der Waals surface area contributed by atoms with Crippen molar-refractivity contribution in [3.05, 3.63) is 11.6 Å². The number of nitrogens with one attached hydrogen (secondary N) is 1. The largest absolute Gasteiger partial charge is 0.480 e. The molecule has 2 amide bonds. The molecular weight excluding hydrogens is 230 g/mol. The summed E-state index contributed by atoms with van der Waals surface area (Å²) in [6.45, 7) is 0.480. The van der Waals surface area contributed by atoms with E-state index in [1.165, 1.54) is 16.2 Å². The maximum Gasteiger partial charge on any atom is 0.326 e. The first-order valence-electron chi connectivity index (χ1n) is 4.88.